The van der Waals surface area contributed by atoms with E-state index in [2.05, 4.69) is 35.5 Å². The summed E-state index contributed by atoms with van der Waals surface area (Å²) in [7, 11) is 0. The zero-order valence-corrected chi connectivity index (χ0v) is 11.0. The number of rotatable bonds is 4. The largest absolute Gasteiger partial charge is 0.321 e. The first kappa shape index (κ1) is 12.4. The standard InChI is InChI=1S/C11H9N7OS/c19-11(9-6-20-18-13-9)12-8-3-1-7(2-4-8)5-10-14-16-17-15-10/h1-4,6H,5H2,(H,12,19)(H,14,15,16,17). The number of tetrazole rings is 1. The molecule has 3 rings (SSSR count). The minimum absolute atomic E-state index is 0.273. The van der Waals surface area contributed by atoms with Crippen molar-refractivity contribution in [2.75, 3.05) is 5.32 Å². The maximum absolute atomic E-state index is 11.8. The predicted octanol–water partition coefficient (Wildman–Crippen LogP) is 0.894. The van der Waals surface area contributed by atoms with Gasteiger partial charge in [-0.3, -0.25) is 4.79 Å². The van der Waals surface area contributed by atoms with Gasteiger partial charge >= 0.3 is 0 Å². The number of hydrogen-bond donors (Lipinski definition) is 2. The fraction of sp³-hybridized carbons (Fsp3) is 0.0909. The Labute approximate surface area is 117 Å². The highest BCUT2D eigenvalue weighted by Crippen LogP contribution is 2.12. The Bertz CT molecular complexity index is 678. The summed E-state index contributed by atoms with van der Waals surface area (Å²) >= 11 is 1.14. The zero-order chi connectivity index (χ0) is 13.8. The first-order chi connectivity index (χ1) is 9.81. The molecular formula is C11H9N7OS. The molecule has 0 spiro atoms. The minimum Gasteiger partial charge on any atom is -0.321 e. The quantitative estimate of drug-likeness (QED) is 0.737. The van der Waals surface area contributed by atoms with E-state index in [-0.39, 0.29) is 5.91 Å². The van der Waals surface area contributed by atoms with E-state index in [4.69, 9.17) is 0 Å². The van der Waals surface area contributed by atoms with Gasteiger partial charge in [-0.15, -0.1) is 15.3 Å². The molecule has 0 unspecified atom stereocenters. The highest BCUT2D eigenvalue weighted by atomic mass is 32.1. The summed E-state index contributed by atoms with van der Waals surface area (Å²) in [5.41, 5.74) is 2.03. The van der Waals surface area contributed by atoms with Crippen LogP contribution in [0.3, 0.4) is 0 Å². The van der Waals surface area contributed by atoms with Crippen molar-refractivity contribution >= 4 is 23.1 Å². The highest BCUT2D eigenvalue weighted by molar-refractivity contribution is 7.03. The molecule has 2 N–H and O–H groups in total. The third kappa shape index (κ3) is 2.83. The molecule has 8 nitrogen and oxygen atoms in total. The molecule has 3 aromatic rings. The van der Waals surface area contributed by atoms with Crippen molar-refractivity contribution in [2.45, 2.75) is 6.42 Å². The minimum atomic E-state index is -0.273. The van der Waals surface area contributed by atoms with Gasteiger partial charge in [-0.05, 0) is 29.2 Å². The number of carbonyl (C=O) groups is 1. The van der Waals surface area contributed by atoms with Gasteiger partial charge in [-0.25, -0.2) is 0 Å². The van der Waals surface area contributed by atoms with Crippen LogP contribution in [0.25, 0.3) is 0 Å². The van der Waals surface area contributed by atoms with E-state index in [9.17, 15) is 4.79 Å². The molecule has 0 bridgehead atoms. The van der Waals surface area contributed by atoms with Crippen molar-refractivity contribution in [1.29, 1.82) is 0 Å². The molecule has 0 aliphatic rings. The molecule has 2 heterocycles. The molecule has 0 saturated heterocycles. The molecule has 0 aliphatic carbocycles. The number of aromatic nitrogens is 6. The first-order valence-corrected chi connectivity index (χ1v) is 6.54. The van der Waals surface area contributed by atoms with Crippen molar-refractivity contribution in [1.82, 2.24) is 30.2 Å². The summed E-state index contributed by atoms with van der Waals surface area (Å²) in [6, 6.07) is 7.41. The molecule has 9 heteroatoms. The third-order valence-corrected chi connectivity index (χ3v) is 3.06. The molecular weight excluding hydrogens is 278 g/mol. The van der Waals surface area contributed by atoms with E-state index in [1.807, 2.05) is 24.3 Å². The van der Waals surface area contributed by atoms with Gasteiger partial charge in [0.05, 0.1) is 0 Å². The average Bonchev–Trinajstić information content (AvgIpc) is 3.13. The smallest absolute Gasteiger partial charge is 0.277 e. The number of aromatic amines is 1. The average molecular weight is 287 g/mol. The topological polar surface area (TPSA) is 109 Å². The number of nitrogens with one attached hydrogen (secondary N) is 2. The summed E-state index contributed by atoms with van der Waals surface area (Å²) < 4.78 is 3.65. The van der Waals surface area contributed by atoms with Crippen LogP contribution in [0, 0.1) is 0 Å². The van der Waals surface area contributed by atoms with Crippen LogP contribution in [0.2, 0.25) is 0 Å². The maximum Gasteiger partial charge on any atom is 0.277 e. The van der Waals surface area contributed by atoms with Crippen LogP contribution in [0.15, 0.2) is 29.6 Å². The lowest BCUT2D eigenvalue weighted by molar-refractivity contribution is 0.102. The van der Waals surface area contributed by atoms with Gasteiger partial charge in [-0.2, -0.15) is 5.21 Å². The summed E-state index contributed by atoms with van der Waals surface area (Å²) in [5.74, 6) is 0.347. The Morgan fingerprint density at radius 1 is 1.25 bits per heavy atom. The summed E-state index contributed by atoms with van der Waals surface area (Å²) in [6.45, 7) is 0. The molecule has 0 radical (unpaired) electrons. The molecule has 1 aromatic carbocycles. The van der Waals surface area contributed by atoms with E-state index in [1.54, 1.807) is 5.38 Å². The van der Waals surface area contributed by atoms with Crippen molar-refractivity contribution in [2.24, 2.45) is 0 Å². The van der Waals surface area contributed by atoms with Crippen LogP contribution in [0.5, 0.6) is 0 Å². The lowest BCUT2D eigenvalue weighted by Crippen LogP contribution is -2.12. The van der Waals surface area contributed by atoms with Crippen molar-refractivity contribution in [3.63, 3.8) is 0 Å². The van der Waals surface area contributed by atoms with Crippen molar-refractivity contribution in [3.05, 3.63) is 46.7 Å². The van der Waals surface area contributed by atoms with Gasteiger partial charge in [0.1, 0.15) is 0 Å². The fourth-order valence-corrected chi connectivity index (χ4v) is 2.04. The van der Waals surface area contributed by atoms with Gasteiger partial charge in [-0.1, -0.05) is 21.8 Å². The molecule has 1 amide bonds. The Hall–Kier alpha value is -2.68. The second-order valence-corrected chi connectivity index (χ2v) is 4.56. The van der Waals surface area contributed by atoms with Gasteiger partial charge < -0.3 is 5.32 Å². The summed E-state index contributed by atoms with van der Waals surface area (Å²) in [6.07, 6.45) is 0.584. The number of benzene rings is 1. The lowest BCUT2D eigenvalue weighted by atomic mass is 10.1. The van der Waals surface area contributed by atoms with E-state index in [0.717, 1.165) is 17.1 Å². The molecule has 0 aliphatic heterocycles. The van der Waals surface area contributed by atoms with E-state index in [0.29, 0.717) is 23.6 Å². The molecule has 0 saturated carbocycles. The number of amides is 1. The predicted molar refractivity (Wildman–Crippen MR) is 71.3 cm³/mol. The molecule has 100 valence electrons. The lowest BCUT2D eigenvalue weighted by Gasteiger charge is -2.04. The number of carbonyl (C=O) groups excluding carboxylic acids is 1. The van der Waals surface area contributed by atoms with Crippen molar-refractivity contribution in [3.8, 4) is 0 Å². The number of hydrogen-bond acceptors (Lipinski definition) is 7. The van der Waals surface area contributed by atoms with Crippen LogP contribution in [-0.4, -0.2) is 36.1 Å². The Morgan fingerprint density at radius 2 is 2.10 bits per heavy atom. The van der Waals surface area contributed by atoms with Gasteiger partial charge in [0.25, 0.3) is 5.91 Å². The van der Waals surface area contributed by atoms with Crippen LogP contribution < -0.4 is 5.32 Å². The van der Waals surface area contributed by atoms with E-state index < -0.39 is 0 Å². The molecule has 2 aromatic heterocycles. The van der Waals surface area contributed by atoms with Crippen LogP contribution in [0.1, 0.15) is 21.9 Å². The third-order valence-electron chi connectivity index (χ3n) is 2.56. The van der Waals surface area contributed by atoms with Gasteiger partial charge in [0, 0.05) is 17.5 Å². The van der Waals surface area contributed by atoms with Crippen molar-refractivity contribution < 1.29 is 4.79 Å². The van der Waals surface area contributed by atoms with E-state index in [1.165, 1.54) is 0 Å². The Balaban J connectivity index is 1.65. The summed E-state index contributed by atoms with van der Waals surface area (Å²) in [4.78, 5) is 11.8. The molecule has 0 fully saturated rings. The van der Waals surface area contributed by atoms with Crippen LogP contribution in [0.4, 0.5) is 5.69 Å². The zero-order valence-electron chi connectivity index (χ0n) is 10.1. The highest BCUT2D eigenvalue weighted by Gasteiger charge is 2.09. The van der Waals surface area contributed by atoms with Crippen LogP contribution >= 0.6 is 11.5 Å². The monoisotopic (exact) mass is 287 g/mol. The molecule has 0 atom stereocenters. The van der Waals surface area contributed by atoms with E-state index >= 15 is 0 Å². The van der Waals surface area contributed by atoms with Crippen LogP contribution in [-0.2, 0) is 6.42 Å². The number of nitrogens with zero attached hydrogens (tertiary/aromatic N) is 5. The first-order valence-electron chi connectivity index (χ1n) is 5.71. The maximum atomic E-state index is 11.8. The van der Waals surface area contributed by atoms with Gasteiger partial charge in [0.15, 0.2) is 11.5 Å². The SMILES string of the molecule is O=C(Nc1ccc(Cc2nn[nH]n2)cc1)c1csnn1. The number of H-pyrrole nitrogens is 1. The second kappa shape index (κ2) is 5.53. The Kier molecular flexibility index (Phi) is 3.42. The fourth-order valence-electron chi connectivity index (χ4n) is 1.60. The Morgan fingerprint density at radius 3 is 2.75 bits per heavy atom. The summed E-state index contributed by atoms with van der Waals surface area (Å²) in [5, 5.41) is 21.7. The number of anilines is 1. The molecule has 20 heavy (non-hydrogen) atoms. The second-order valence-electron chi connectivity index (χ2n) is 3.95. The van der Waals surface area contributed by atoms with Gasteiger partial charge in [0.2, 0.25) is 0 Å². The normalized spacial score (nSPS) is 10.4.